The van der Waals surface area contributed by atoms with E-state index in [4.69, 9.17) is 18.3 Å². The van der Waals surface area contributed by atoms with Gasteiger partial charge in [0.1, 0.15) is 0 Å². The van der Waals surface area contributed by atoms with Crippen LogP contribution in [0.3, 0.4) is 0 Å². The van der Waals surface area contributed by atoms with E-state index >= 15 is 0 Å². The molecule has 0 saturated heterocycles. The van der Waals surface area contributed by atoms with Crippen LogP contribution in [0.1, 0.15) is 40.5 Å². The molecule has 9 heteroatoms. The average Bonchev–Trinajstić information content (AvgIpc) is 2.50. The largest absolute Gasteiger partial charge is 0.453 e. The van der Waals surface area contributed by atoms with Gasteiger partial charge < -0.3 is 23.4 Å². The summed E-state index contributed by atoms with van der Waals surface area (Å²) in [6.45, 7) is 18.4. The number of carbonyl (C=O) groups is 2. The number of aliphatic hydroxyl groups excluding tert-OH is 1. The molecule has 0 aromatic rings. The normalized spacial score (nSPS) is 16.8. The minimum atomic E-state index is -2.49. The predicted octanol–water partition coefficient (Wildman–Crippen LogP) is 3.48. The van der Waals surface area contributed by atoms with Crippen molar-refractivity contribution in [1.82, 2.24) is 0 Å². The zero-order valence-corrected chi connectivity index (χ0v) is 19.9. The smallest absolute Gasteiger partial charge is 0.332 e. The van der Waals surface area contributed by atoms with Crippen molar-refractivity contribution in [3.63, 3.8) is 0 Å². The minimum absolute atomic E-state index is 0.220. The van der Waals surface area contributed by atoms with Gasteiger partial charge in [-0.05, 0) is 52.9 Å². The summed E-state index contributed by atoms with van der Waals surface area (Å²) in [4.78, 5) is 23.7. The Bertz CT molecular complexity index is 506. The van der Waals surface area contributed by atoms with Crippen molar-refractivity contribution in [2.75, 3.05) is 0 Å². The molecule has 0 fully saturated rings. The Hall–Kier alpha value is -1.01. The molecule has 0 bridgehead atoms. The lowest BCUT2D eigenvalue weighted by atomic mass is 10.3. The van der Waals surface area contributed by atoms with E-state index in [1.807, 2.05) is 40.0 Å². The van der Waals surface area contributed by atoms with Crippen LogP contribution in [0.4, 0.5) is 0 Å². The van der Waals surface area contributed by atoms with Gasteiger partial charge in [-0.15, -0.1) is 0 Å². The highest BCUT2D eigenvalue weighted by molar-refractivity contribution is 6.87. The molecule has 0 amide bonds. The maximum absolute atomic E-state index is 12.4. The van der Waals surface area contributed by atoms with E-state index in [1.54, 1.807) is 6.92 Å². The molecule has 0 aromatic carbocycles. The molecule has 0 aliphatic carbocycles. The molecule has 0 aromatic heterocycles. The second-order valence-corrected chi connectivity index (χ2v) is 16.1. The summed E-state index contributed by atoms with van der Waals surface area (Å²) in [5.41, 5.74) is -0.616. The summed E-state index contributed by atoms with van der Waals surface area (Å²) in [5.74, 6) is -0.976. The molecular weight excluding hydrogens is 384 g/mol. The summed E-state index contributed by atoms with van der Waals surface area (Å²) in [5, 5.41) is 9.36. The van der Waals surface area contributed by atoms with Gasteiger partial charge in [0.05, 0.1) is 11.3 Å². The number of rotatable bonds is 12. The lowest BCUT2D eigenvalue weighted by Crippen LogP contribution is -2.56. The van der Waals surface area contributed by atoms with Gasteiger partial charge in [0.2, 0.25) is 14.6 Å². The number of esters is 2. The van der Waals surface area contributed by atoms with Crippen LogP contribution in [0, 0.1) is 0 Å². The molecule has 0 aliphatic rings. The van der Waals surface area contributed by atoms with Crippen LogP contribution in [-0.2, 0) is 27.9 Å². The minimum Gasteiger partial charge on any atom is -0.453 e. The van der Waals surface area contributed by atoms with Gasteiger partial charge in [0, 0.05) is 6.08 Å². The Morgan fingerprint density at radius 2 is 1.59 bits per heavy atom. The molecule has 0 aliphatic heterocycles. The van der Waals surface area contributed by atoms with E-state index in [-0.39, 0.29) is 5.73 Å². The SMILES string of the molecule is C=CC(=O)OC(C)OC(CC)[Si](C)(C)O[Si](C)(C)C(CC)C(=O)OC(C)O. The van der Waals surface area contributed by atoms with Gasteiger partial charge in [0.25, 0.3) is 0 Å². The second-order valence-electron chi connectivity index (χ2n) is 7.55. The van der Waals surface area contributed by atoms with Gasteiger partial charge in [-0.1, -0.05) is 20.4 Å². The van der Waals surface area contributed by atoms with Crippen LogP contribution in [0.2, 0.25) is 31.7 Å². The molecule has 4 unspecified atom stereocenters. The first-order chi connectivity index (χ1) is 12.3. The Morgan fingerprint density at radius 3 is 2.00 bits per heavy atom. The van der Waals surface area contributed by atoms with Crippen LogP contribution >= 0.6 is 0 Å². The Morgan fingerprint density at radius 1 is 1.04 bits per heavy atom. The highest BCUT2D eigenvalue weighted by Gasteiger charge is 2.46. The van der Waals surface area contributed by atoms with E-state index in [2.05, 4.69) is 6.58 Å². The molecule has 4 atom stereocenters. The van der Waals surface area contributed by atoms with Crippen molar-refractivity contribution in [3.8, 4) is 0 Å². The second kappa shape index (κ2) is 11.1. The topological polar surface area (TPSA) is 91.3 Å². The van der Waals surface area contributed by atoms with Crippen LogP contribution in [0.5, 0.6) is 0 Å². The monoisotopic (exact) mass is 420 g/mol. The predicted molar refractivity (Wildman–Crippen MR) is 109 cm³/mol. The quantitative estimate of drug-likeness (QED) is 0.224. The third-order valence-corrected chi connectivity index (χ3v) is 12.9. The van der Waals surface area contributed by atoms with E-state index in [1.165, 1.54) is 6.92 Å². The van der Waals surface area contributed by atoms with Gasteiger partial charge in [-0.25, -0.2) is 4.79 Å². The maximum Gasteiger partial charge on any atom is 0.332 e. The fourth-order valence-electron chi connectivity index (χ4n) is 3.23. The Labute approximate surface area is 165 Å². The molecule has 158 valence electrons. The maximum atomic E-state index is 12.4. The summed E-state index contributed by atoms with van der Waals surface area (Å²) in [6.07, 6.45) is 0.487. The van der Waals surface area contributed by atoms with E-state index in [9.17, 15) is 14.7 Å². The first kappa shape index (κ1) is 26.0. The summed E-state index contributed by atoms with van der Waals surface area (Å²) < 4.78 is 22.6. The Balaban J connectivity index is 5.26. The van der Waals surface area contributed by atoms with Gasteiger partial charge in [-0.3, -0.25) is 4.79 Å². The lowest BCUT2D eigenvalue weighted by Gasteiger charge is -2.41. The fourth-order valence-corrected chi connectivity index (χ4v) is 12.9. The van der Waals surface area contributed by atoms with Gasteiger partial charge in [0.15, 0.2) is 14.6 Å². The van der Waals surface area contributed by atoms with E-state index in [0.717, 1.165) is 6.08 Å². The van der Waals surface area contributed by atoms with Gasteiger partial charge in [-0.2, -0.15) is 0 Å². The molecule has 0 radical (unpaired) electrons. The number of hydrogen-bond donors (Lipinski definition) is 1. The highest BCUT2D eigenvalue weighted by atomic mass is 28.4. The van der Waals surface area contributed by atoms with Crippen molar-refractivity contribution in [1.29, 1.82) is 0 Å². The van der Waals surface area contributed by atoms with Crippen molar-refractivity contribution >= 4 is 28.6 Å². The average molecular weight is 421 g/mol. The first-order valence-corrected chi connectivity index (χ1v) is 15.3. The van der Waals surface area contributed by atoms with Crippen molar-refractivity contribution in [2.45, 2.75) is 90.6 Å². The zero-order chi connectivity index (χ0) is 21.4. The fraction of sp³-hybridized carbons (Fsp3) is 0.778. The van der Waals surface area contributed by atoms with Crippen molar-refractivity contribution < 1.29 is 33.0 Å². The molecule has 1 N–H and O–H groups in total. The molecule has 27 heavy (non-hydrogen) atoms. The third-order valence-electron chi connectivity index (χ3n) is 4.30. The van der Waals surface area contributed by atoms with E-state index < -0.39 is 46.7 Å². The van der Waals surface area contributed by atoms with Crippen molar-refractivity contribution in [3.05, 3.63) is 12.7 Å². The third kappa shape index (κ3) is 8.69. The highest BCUT2D eigenvalue weighted by Crippen LogP contribution is 2.33. The first-order valence-electron chi connectivity index (χ1n) is 9.37. The lowest BCUT2D eigenvalue weighted by molar-refractivity contribution is -0.174. The number of aliphatic hydroxyl groups is 1. The summed E-state index contributed by atoms with van der Waals surface area (Å²) >= 11 is 0. The zero-order valence-electron chi connectivity index (χ0n) is 17.9. The number of carbonyl (C=O) groups excluding carboxylic acids is 2. The van der Waals surface area contributed by atoms with Crippen LogP contribution in [-0.4, -0.2) is 52.0 Å². The Kier molecular flexibility index (Phi) is 10.7. The van der Waals surface area contributed by atoms with Gasteiger partial charge >= 0.3 is 11.9 Å². The number of ether oxygens (including phenoxy) is 3. The molecule has 0 saturated carbocycles. The van der Waals surface area contributed by atoms with Crippen LogP contribution in [0.25, 0.3) is 0 Å². The molecule has 0 rings (SSSR count). The molecule has 0 spiro atoms. The molecular formula is C18H36O7Si2. The summed E-state index contributed by atoms with van der Waals surface area (Å²) in [7, 11) is -4.90. The van der Waals surface area contributed by atoms with Crippen LogP contribution < -0.4 is 0 Å². The molecule has 7 nitrogen and oxygen atoms in total. The standard InChI is InChI=1S/C18H36O7Si2/c1-10-15(18(21)22-13(4)19)26(6,7)25-27(8,9)17(12-3)24-14(5)23-16(20)11-2/h11,13-15,17,19H,2,10,12H2,1,3-9H3. The molecule has 0 heterocycles. The van der Waals surface area contributed by atoms with Crippen molar-refractivity contribution in [2.24, 2.45) is 0 Å². The van der Waals surface area contributed by atoms with E-state index in [0.29, 0.717) is 12.8 Å². The summed E-state index contributed by atoms with van der Waals surface area (Å²) in [6, 6.07) is 0. The van der Waals surface area contributed by atoms with Crippen LogP contribution in [0.15, 0.2) is 12.7 Å². The number of hydrogen-bond acceptors (Lipinski definition) is 7.